The topological polar surface area (TPSA) is 78.4 Å². The summed E-state index contributed by atoms with van der Waals surface area (Å²) in [5, 5.41) is 14.0. The van der Waals surface area contributed by atoms with Gasteiger partial charge in [-0.1, -0.05) is 0 Å². The van der Waals surface area contributed by atoms with E-state index < -0.39 is 16.8 Å². The maximum Gasteiger partial charge on any atom is 0.322 e. The minimum atomic E-state index is -0.990. The van der Waals surface area contributed by atoms with Gasteiger partial charge in [-0.05, 0) is 13.8 Å². The second-order valence-electron chi connectivity index (χ2n) is 3.54. The lowest BCUT2D eigenvalue weighted by Gasteiger charge is -2.26. The molecule has 0 aliphatic rings. The van der Waals surface area contributed by atoms with Gasteiger partial charge in [0.25, 0.3) is 0 Å². The van der Waals surface area contributed by atoms with Crippen LogP contribution in [-0.4, -0.2) is 34.4 Å². The first-order valence-electron chi connectivity index (χ1n) is 4.18. The van der Waals surface area contributed by atoms with Gasteiger partial charge in [0.15, 0.2) is 0 Å². The lowest BCUT2D eigenvalue weighted by atomic mass is 10.0. The summed E-state index contributed by atoms with van der Waals surface area (Å²) in [5.41, 5.74) is 0. The Morgan fingerprint density at radius 3 is 2.29 bits per heavy atom. The van der Waals surface area contributed by atoms with Crippen molar-refractivity contribution < 1.29 is 14.7 Å². The highest BCUT2D eigenvalue weighted by molar-refractivity contribution is 7.81. The maximum atomic E-state index is 10.8. The second-order valence-corrected chi connectivity index (χ2v) is 4.69. The summed E-state index contributed by atoms with van der Waals surface area (Å²) in [4.78, 5) is 21.3. The molecule has 0 heterocycles. The van der Waals surface area contributed by atoms with Crippen molar-refractivity contribution in [3.05, 3.63) is 0 Å². The molecule has 0 aromatic heterocycles. The molecule has 0 saturated carbocycles. The van der Waals surface area contributed by atoms with Gasteiger partial charge in [0.2, 0.25) is 5.91 Å². The Bertz CT molecular complexity index is 225. The van der Waals surface area contributed by atoms with E-state index in [1.165, 1.54) is 6.92 Å². The third-order valence-corrected chi connectivity index (χ3v) is 1.86. The Labute approximate surface area is 88.7 Å². The largest absolute Gasteiger partial charge is 0.480 e. The third-order valence-electron chi connectivity index (χ3n) is 1.60. The molecule has 82 valence electrons. The smallest absolute Gasteiger partial charge is 0.322 e. The SMILES string of the molecule is CC(=O)NCN[C@H](C(=O)O)C(C)(C)S. The Kier molecular flexibility index (Phi) is 4.93. The summed E-state index contributed by atoms with van der Waals surface area (Å²) in [6.07, 6.45) is 0. The molecular weight excluding hydrogens is 204 g/mol. The van der Waals surface area contributed by atoms with Crippen LogP contribution in [0.2, 0.25) is 0 Å². The number of nitrogens with one attached hydrogen (secondary N) is 2. The standard InChI is InChI=1S/C8H16N2O3S/c1-5(11)9-4-10-6(7(12)13)8(2,3)14/h6,10,14H,4H2,1-3H3,(H,9,11)(H,12,13)/t6-/m1/s1. The first-order chi connectivity index (χ1) is 6.25. The van der Waals surface area contributed by atoms with Gasteiger partial charge in [-0.3, -0.25) is 14.9 Å². The molecule has 1 amide bonds. The number of aliphatic carboxylic acids is 1. The van der Waals surface area contributed by atoms with Crippen LogP contribution in [-0.2, 0) is 9.59 Å². The zero-order valence-corrected chi connectivity index (χ0v) is 9.39. The number of thiol groups is 1. The van der Waals surface area contributed by atoms with Gasteiger partial charge in [-0.15, -0.1) is 0 Å². The minimum absolute atomic E-state index is 0.121. The predicted molar refractivity (Wildman–Crippen MR) is 56.3 cm³/mol. The molecule has 3 N–H and O–H groups in total. The first kappa shape index (κ1) is 13.2. The van der Waals surface area contributed by atoms with Crippen LogP contribution in [0.1, 0.15) is 20.8 Å². The van der Waals surface area contributed by atoms with E-state index in [4.69, 9.17) is 5.11 Å². The lowest BCUT2D eigenvalue weighted by molar-refractivity contribution is -0.140. The van der Waals surface area contributed by atoms with Gasteiger partial charge in [-0.2, -0.15) is 12.6 Å². The van der Waals surface area contributed by atoms with Crippen LogP contribution in [0.3, 0.4) is 0 Å². The van der Waals surface area contributed by atoms with Crippen LogP contribution in [0.4, 0.5) is 0 Å². The average molecular weight is 220 g/mol. The molecule has 0 aliphatic heterocycles. The fourth-order valence-electron chi connectivity index (χ4n) is 0.917. The monoisotopic (exact) mass is 220 g/mol. The molecule has 0 spiro atoms. The van der Waals surface area contributed by atoms with Gasteiger partial charge in [0.1, 0.15) is 6.04 Å². The molecule has 0 aromatic rings. The fraction of sp³-hybridized carbons (Fsp3) is 0.750. The second kappa shape index (κ2) is 5.21. The van der Waals surface area contributed by atoms with E-state index in [2.05, 4.69) is 23.3 Å². The summed E-state index contributed by atoms with van der Waals surface area (Å²) in [7, 11) is 0. The van der Waals surface area contributed by atoms with Crippen LogP contribution in [0, 0.1) is 0 Å². The predicted octanol–water partition coefficient (Wildman–Crippen LogP) is -0.169. The van der Waals surface area contributed by atoms with Crippen molar-refractivity contribution in [2.24, 2.45) is 0 Å². The molecule has 0 bridgehead atoms. The Morgan fingerprint density at radius 2 is 2.00 bits per heavy atom. The molecule has 1 atom stereocenters. The number of rotatable bonds is 5. The molecule has 0 saturated heterocycles. The minimum Gasteiger partial charge on any atom is -0.480 e. The van der Waals surface area contributed by atoms with E-state index >= 15 is 0 Å². The van der Waals surface area contributed by atoms with Gasteiger partial charge in [-0.25, -0.2) is 0 Å². The number of hydrogen-bond donors (Lipinski definition) is 4. The van der Waals surface area contributed by atoms with Crippen LogP contribution < -0.4 is 10.6 Å². The molecule has 0 rings (SSSR count). The Morgan fingerprint density at radius 1 is 1.50 bits per heavy atom. The van der Waals surface area contributed by atoms with Gasteiger partial charge in [0.05, 0.1) is 6.67 Å². The van der Waals surface area contributed by atoms with Crippen molar-refractivity contribution in [1.29, 1.82) is 0 Å². The summed E-state index contributed by atoms with van der Waals surface area (Å²) in [6.45, 7) is 4.87. The third kappa shape index (κ3) is 5.08. The average Bonchev–Trinajstić information content (AvgIpc) is 1.94. The number of carbonyl (C=O) groups is 2. The fourth-order valence-corrected chi connectivity index (χ4v) is 1.12. The quantitative estimate of drug-likeness (QED) is 0.383. The number of amides is 1. The van der Waals surface area contributed by atoms with Crippen LogP contribution in [0.15, 0.2) is 0 Å². The van der Waals surface area contributed by atoms with E-state index in [0.29, 0.717) is 0 Å². The van der Waals surface area contributed by atoms with Crippen LogP contribution in [0.25, 0.3) is 0 Å². The zero-order chi connectivity index (χ0) is 11.4. The molecule has 0 radical (unpaired) electrons. The van der Waals surface area contributed by atoms with Crippen molar-refractivity contribution in [2.45, 2.75) is 31.6 Å². The van der Waals surface area contributed by atoms with Crippen molar-refractivity contribution in [2.75, 3.05) is 6.67 Å². The van der Waals surface area contributed by atoms with Gasteiger partial charge >= 0.3 is 5.97 Å². The molecule has 14 heavy (non-hydrogen) atoms. The van der Waals surface area contributed by atoms with E-state index in [1.54, 1.807) is 13.8 Å². The molecule has 0 unspecified atom stereocenters. The van der Waals surface area contributed by atoms with E-state index in [0.717, 1.165) is 0 Å². The highest BCUT2D eigenvalue weighted by Gasteiger charge is 2.31. The molecule has 0 fully saturated rings. The summed E-state index contributed by atoms with van der Waals surface area (Å²) < 4.78 is -0.690. The van der Waals surface area contributed by atoms with Crippen molar-refractivity contribution in [3.63, 3.8) is 0 Å². The summed E-state index contributed by atoms with van der Waals surface area (Å²) in [5.74, 6) is -1.20. The van der Waals surface area contributed by atoms with Crippen molar-refractivity contribution in [3.8, 4) is 0 Å². The van der Waals surface area contributed by atoms with Crippen LogP contribution in [0.5, 0.6) is 0 Å². The highest BCUT2D eigenvalue weighted by Crippen LogP contribution is 2.17. The molecular formula is C8H16N2O3S. The zero-order valence-electron chi connectivity index (χ0n) is 8.50. The van der Waals surface area contributed by atoms with E-state index in [9.17, 15) is 9.59 Å². The number of hydrogen-bond acceptors (Lipinski definition) is 4. The molecule has 0 aromatic carbocycles. The van der Waals surface area contributed by atoms with E-state index in [-0.39, 0.29) is 12.6 Å². The molecule has 0 aliphatic carbocycles. The number of carboxylic acid groups (broad SMARTS) is 1. The van der Waals surface area contributed by atoms with Crippen molar-refractivity contribution in [1.82, 2.24) is 10.6 Å². The first-order valence-corrected chi connectivity index (χ1v) is 4.63. The van der Waals surface area contributed by atoms with Gasteiger partial charge < -0.3 is 10.4 Å². The maximum absolute atomic E-state index is 10.8. The number of carbonyl (C=O) groups excluding carboxylic acids is 1. The Balaban J connectivity index is 4.13. The normalized spacial score (nSPS) is 13.4. The van der Waals surface area contributed by atoms with Crippen LogP contribution >= 0.6 is 12.6 Å². The van der Waals surface area contributed by atoms with E-state index in [1.807, 2.05) is 0 Å². The van der Waals surface area contributed by atoms with Gasteiger partial charge in [0, 0.05) is 11.7 Å². The lowest BCUT2D eigenvalue weighted by Crippen LogP contribution is -2.52. The summed E-state index contributed by atoms with van der Waals surface area (Å²) in [6, 6.07) is -0.808. The molecule has 6 heteroatoms. The molecule has 5 nitrogen and oxygen atoms in total. The highest BCUT2D eigenvalue weighted by atomic mass is 32.1. The van der Waals surface area contributed by atoms with Crippen molar-refractivity contribution >= 4 is 24.5 Å². The number of carboxylic acids is 1. The Hall–Kier alpha value is -0.750. The summed E-state index contributed by atoms with van der Waals surface area (Å²) >= 11 is 4.16.